The van der Waals surface area contributed by atoms with Gasteiger partial charge in [0.2, 0.25) is 0 Å². The lowest BCUT2D eigenvalue weighted by Crippen LogP contribution is -2.27. The molecule has 0 unspecified atom stereocenters. The number of hydrazone groups is 1. The molecule has 0 N–H and O–H groups in total. The van der Waals surface area contributed by atoms with Gasteiger partial charge in [-0.05, 0) is 22.9 Å². The first-order chi connectivity index (χ1) is 13.6. The lowest BCUT2D eigenvalue weighted by Gasteiger charge is -2.17. The fourth-order valence-electron chi connectivity index (χ4n) is 3.14. The molecule has 28 heavy (non-hydrogen) atoms. The number of amidine groups is 1. The maximum Gasteiger partial charge on any atom is 0.285 e. The standard InChI is InChI=1S/C21H16N4O2S/c22-13-6-14-25(21-19-11-3-4-12-20(19)28(26,27)24-21)23-15-17-9-5-8-16-7-1-2-10-18(16)17/h1-5,7-12,15H,6,14H2/b23-15+. The number of sulfonamides is 1. The van der Waals surface area contributed by atoms with Crippen LogP contribution in [0.15, 0.2) is 81.1 Å². The summed E-state index contributed by atoms with van der Waals surface area (Å²) in [4.78, 5) is 0.160. The van der Waals surface area contributed by atoms with Gasteiger partial charge in [-0.3, -0.25) is 0 Å². The molecule has 3 aromatic carbocycles. The van der Waals surface area contributed by atoms with Gasteiger partial charge in [0.25, 0.3) is 10.0 Å². The molecule has 7 heteroatoms. The normalized spacial score (nSPS) is 14.6. The molecule has 0 amide bonds. The number of nitriles is 1. The van der Waals surface area contributed by atoms with Crippen molar-refractivity contribution in [3.05, 3.63) is 77.9 Å². The second-order valence-corrected chi connectivity index (χ2v) is 7.80. The summed E-state index contributed by atoms with van der Waals surface area (Å²) in [5.74, 6) is 0.238. The van der Waals surface area contributed by atoms with Crippen molar-refractivity contribution in [2.75, 3.05) is 6.54 Å². The topological polar surface area (TPSA) is 85.9 Å². The molecule has 138 valence electrons. The van der Waals surface area contributed by atoms with Crippen molar-refractivity contribution in [3.8, 4) is 6.07 Å². The molecule has 0 saturated heterocycles. The number of benzene rings is 3. The van der Waals surface area contributed by atoms with Crippen LogP contribution < -0.4 is 0 Å². The zero-order chi connectivity index (χ0) is 19.6. The monoisotopic (exact) mass is 388 g/mol. The van der Waals surface area contributed by atoms with Crippen LogP contribution in [0.5, 0.6) is 0 Å². The van der Waals surface area contributed by atoms with E-state index in [0.717, 1.165) is 16.3 Å². The molecule has 1 aliphatic rings. The molecule has 1 heterocycles. The molecule has 0 aliphatic carbocycles. The Morgan fingerprint density at radius 3 is 2.64 bits per heavy atom. The summed E-state index contributed by atoms with van der Waals surface area (Å²) in [5.41, 5.74) is 1.39. The van der Waals surface area contributed by atoms with Crippen LogP contribution in [0.2, 0.25) is 0 Å². The summed E-state index contributed by atoms with van der Waals surface area (Å²) in [6.07, 6.45) is 1.86. The Morgan fingerprint density at radius 2 is 1.79 bits per heavy atom. The third kappa shape index (κ3) is 3.26. The van der Waals surface area contributed by atoms with Gasteiger partial charge in [0.05, 0.1) is 25.2 Å². The highest BCUT2D eigenvalue weighted by molar-refractivity contribution is 7.90. The Kier molecular flexibility index (Phi) is 4.63. The average Bonchev–Trinajstić information content (AvgIpc) is 2.99. The minimum absolute atomic E-state index is 0.160. The lowest BCUT2D eigenvalue weighted by atomic mass is 10.1. The van der Waals surface area contributed by atoms with Crippen LogP contribution in [0.3, 0.4) is 0 Å². The van der Waals surface area contributed by atoms with E-state index in [2.05, 4.69) is 15.6 Å². The molecule has 0 radical (unpaired) electrons. The van der Waals surface area contributed by atoms with E-state index in [1.54, 1.807) is 24.4 Å². The molecule has 1 aliphatic heterocycles. The van der Waals surface area contributed by atoms with Gasteiger partial charge >= 0.3 is 0 Å². The maximum absolute atomic E-state index is 12.4. The van der Waals surface area contributed by atoms with Crippen LogP contribution in [0.4, 0.5) is 0 Å². The van der Waals surface area contributed by atoms with Crippen molar-refractivity contribution in [1.29, 1.82) is 5.26 Å². The Hall–Kier alpha value is -3.50. The second kappa shape index (κ2) is 7.25. The molecule has 0 aromatic heterocycles. The molecule has 4 rings (SSSR count). The van der Waals surface area contributed by atoms with Crippen molar-refractivity contribution in [2.24, 2.45) is 9.50 Å². The zero-order valence-electron chi connectivity index (χ0n) is 14.9. The first-order valence-electron chi connectivity index (χ1n) is 8.71. The van der Waals surface area contributed by atoms with E-state index in [1.807, 2.05) is 42.5 Å². The Bertz CT molecular complexity index is 1250. The highest BCUT2D eigenvalue weighted by Gasteiger charge is 2.31. The maximum atomic E-state index is 12.4. The summed E-state index contributed by atoms with van der Waals surface area (Å²) >= 11 is 0. The highest BCUT2D eigenvalue weighted by atomic mass is 32.2. The zero-order valence-corrected chi connectivity index (χ0v) is 15.7. The molecular weight excluding hydrogens is 372 g/mol. The summed E-state index contributed by atoms with van der Waals surface area (Å²) < 4.78 is 28.6. The van der Waals surface area contributed by atoms with Crippen LogP contribution in [0.1, 0.15) is 17.5 Å². The quantitative estimate of drug-likeness (QED) is 0.505. The predicted molar refractivity (Wildman–Crippen MR) is 109 cm³/mol. The summed E-state index contributed by atoms with van der Waals surface area (Å²) in [5, 5.41) is 17.1. The van der Waals surface area contributed by atoms with E-state index in [9.17, 15) is 8.42 Å². The number of hydrogen-bond acceptors (Lipinski definition) is 5. The third-order valence-corrected chi connectivity index (χ3v) is 5.78. The minimum Gasteiger partial charge on any atom is -0.246 e. The van der Waals surface area contributed by atoms with E-state index in [-0.39, 0.29) is 23.7 Å². The fraction of sp³-hybridized carbons (Fsp3) is 0.0952. The number of hydrogen-bond donors (Lipinski definition) is 0. The van der Waals surface area contributed by atoms with Crippen LogP contribution in [-0.4, -0.2) is 32.0 Å². The smallest absolute Gasteiger partial charge is 0.246 e. The van der Waals surface area contributed by atoms with Gasteiger partial charge in [0.15, 0.2) is 5.84 Å². The molecule has 0 spiro atoms. The van der Waals surface area contributed by atoms with E-state index < -0.39 is 10.0 Å². The molecule has 0 bridgehead atoms. The molecular formula is C21H16N4O2S. The lowest BCUT2D eigenvalue weighted by molar-refractivity contribution is 0.459. The van der Waals surface area contributed by atoms with Crippen molar-refractivity contribution in [3.63, 3.8) is 0 Å². The summed E-state index contributed by atoms with van der Waals surface area (Å²) in [7, 11) is -3.75. The van der Waals surface area contributed by atoms with Gasteiger partial charge in [-0.25, -0.2) is 5.01 Å². The highest BCUT2D eigenvalue weighted by Crippen LogP contribution is 2.27. The number of fused-ring (bicyclic) bond motifs is 2. The van der Waals surface area contributed by atoms with E-state index in [4.69, 9.17) is 5.26 Å². The van der Waals surface area contributed by atoms with Crippen molar-refractivity contribution in [2.45, 2.75) is 11.3 Å². The van der Waals surface area contributed by atoms with Gasteiger partial charge in [0.1, 0.15) is 4.90 Å². The van der Waals surface area contributed by atoms with Gasteiger partial charge in [-0.1, -0.05) is 54.6 Å². The van der Waals surface area contributed by atoms with Crippen LogP contribution in [0, 0.1) is 11.3 Å². The largest absolute Gasteiger partial charge is 0.285 e. The van der Waals surface area contributed by atoms with E-state index >= 15 is 0 Å². The first-order valence-corrected chi connectivity index (χ1v) is 10.1. The molecule has 0 atom stereocenters. The third-order valence-electron chi connectivity index (χ3n) is 4.45. The first kappa shape index (κ1) is 17.9. The van der Waals surface area contributed by atoms with E-state index in [1.165, 1.54) is 11.1 Å². The van der Waals surface area contributed by atoms with Gasteiger partial charge in [-0.15, -0.1) is 4.40 Å². The van der Waals surface area contributed by atoms with Crippen molar-refractivity contribution in [1.82, 2.24) is 5.01 Å². The van der Waals surface area contributed by atoms with Gasteiger partial charge in [0, 0.05) is 11.1 Å². The molecule has 0 fully saturated rings. The predicted octanol–water partition coefficient (Wildman–Crippen LogP) is 3.54. The van der Waals surface area contributed by atoms with Crippen LogP contribution in [0.25, 0.3) is 10.8 Å². The number of rotatable bonds is 4. The Balaban J connectivity index is 1.76. The van der Waals surface area contributed by atoms with E-state index in [0.29, 0.717) is 5.56 Å². The molecule has 0 saturated carbocycles. The molecule has 3 aromatic rings. The van der Waals surface area contributed by atoms with Gasteiger partial charge < -0.3 is 0 Å². The fourth-order valence-corrected chi connectivity index (χ4v) is 4.35. The Labute approximate surface area is 163 Å². The minimum atomic E-state index is -3.75. The Morgan fingerprint density at radius 1 is 1.04 bits per heavy atom. The SMILES string of the molecule is N#CCCN(/N=C/c1cccc2ccccc12)C1=NS(=O)(=O)c2ccccc21. The van der Waals surface area contributed by atoms with Crippen LogP contribution >= 0.6 is 0 Å². The molecule has 6 nitrogen and oxygen atoms in total. The van der Waals surface area contributed by atoms with Crippen molar-refractivity contribution < 1.29 is 8.42 Å². The average molecular weight is 388 g/mol. The summed E-state index contributed by atoms with van der Waals surface area (Å²) in [6, 6.07) is 22.6. The van der Waals surface area contributed by atoms with Gasteiger partial charge in [-0.2, -0.15) is 18.8 Å². The van der Waals surface area contributed by atoms with Crippen LogP contribution in [-0.2, 0) is 10.0 Å². The van der Waals surface area contributed by atoms with Crippen molar-refractivity contribution >= 4 is 32.8 Å². The second-order valence-electron chi connectivity index (χ2n) is 6.23. The summed E-state index contributed by atoms with van der Waals surface area (Å²) in [6.45, 7) is 0.237. The number of nitrogens with zero attached hydrogens (tertiary/aromatic N) is 4.